The smallest absolute Gasteiger partial charge is 0.227 e. The van der Waals surface area contributed by atoms with Gasteiger partial charge in [0.05, 0.1) is 11.1 Å². The van der Waals surface area contributed by atoms with E-state index in [0.29, 0.717) is 29.1 Å². The SMILES string of the molecule is CCOc1ncc(C(O)OCC)cc1Br. The first-order chi connectivity index (χ1) is 7.19. The van der Waals surface area contributed by atoms with Gasteiger partial charge in [0.2, 0.25) is 5.88 Å². The van der Waals surface area contributed by atoms with Crippen molar-refractivity contribution in [3.63, 3.8) is 0 Å². The normalized spacial score (nSPS) is 12.5. The van der Waals surface area contributed by atoms with Crippen LogP contribution in [0.15, 0.2) is 16.7 Å². The van der Waals surface area contributed by atoms with E-state index in [-0.39, 0.29) is 0 Å². The molecular formula is C10H14BrNO3. The number of rotatable bonds is 5. The van der Waals surface area contributed by atoms with E-state index >= 15 is 0 Å². The molecule has 84 valence electrons. The topological polar surface area (TPSA) is 51.6 Å². The zero-order chi connectivity index (χ0) is 11.3. The predicted molar refractivity (Wildman–Crippen MR) is 59.7 cm³/mol. The zero-order valence-corrected chi connectivity index (χ0v) is 10.3. The number of aromatic nitrogens is 1. The molecular weight excluding hydrogens is 262 g/mol. The fraction of sp³-hybridized carbons (Fsp3) is 0.500. The summed E-state index contributed by atoms with van der Waals surface area (Å²) >= 11 is 3.31. The Balaban J connectivity index is 2.81. The number of hydrogen-bond acceptors (Lipinski definition) is 4. The van der Waals surface area contributed by atoms with E-state index in [2.05, 4.69) is 20.9 Å². The Bertz CT molecular complexity index is 320. The molecule has 1 atom stereocenters. The lowest BCUT2D eigenvalue weighted by molar-refractivity contribution is -0.0982. The number of ether oxygens (including phenoxy) is 2. The second-order valence-corrected chi connectivity index (χ2v) is 3.65. The van der Waals surface area contributed by atoms with Crippen LogP contribution in [-0.4, -0.2) is 23.3 Å². The minimum Gasteiger partial charge on any atom is -0.477 e. The van der Waals surface area contributed by atoms with Crippen molar-refractivity contribution >= 4 is 15.9 Å². The minimum atomic E-state index is -0.936. The summed E-state index contributed by atoms with van der Waals surface area (Å²) < 4.78 is 11.0. The Hall–Kier alpha value is -0.650. The third kappa shape index (κ3) is 3.44. The van der Waals surface area contributed by atoms with Crippen LogP contribution in [0.4, 0.5) is 0 Å². The Labute approximate surface area is 97.4 Å². The van der Waals surface area contributed by atoms with Crippen molar-refractivity contribution in [2.75, 3.05) is 13.2 Å². The summed E-state index contributed by atoms with van der Waals surface area (Å²) in [4.78, 5) is 4.06. The van der Waals surface area contributed by atoms with Gasteiger partial charge in [-0.3, -0.25) is 0 Å². The quantitative estimate of drug-likeness (QED) is 0.838. The maximum Gasteiger partial charge on any atom is 0.227 e. The van der Waals surface area contributed by atoms with Gasteiger partial charge in [0.1, 0.15) is 0 Å². The highest BCUT2D eigenvalue weighted by atomic mass is 79.9. The maximum atomic E-state index is 9.54. The van der Waals surface area contributed by atoms with Gasteiger partial charge in [0, 0.05) is 18.4 Å². The van der Waals surface area contributed by atoms with Crippen molar-refractivity contribution in [3.8, 4) is 5.88 Å². The van der Waals surface area contributed by atoms with Gasteiger partial charge in [0.15, 0.2) is 6.29 Å². The molecule has 1 rings (SSSR count). The number of pyridine rings is 1. The van der Waals surface area contributed by atoms with Crippen molar-refractivity contribution in [1.29, 1.82) is 0 Å². The molecule has 0 spiro atoms. The maximum absolute atomic E-state index is 9.54. The number of halogens is 1. The standard InChI is InChI=1S/C10H14BrNO3/c1-3-14-9-8(11)5-7(6-12-9)10(13)15-4-2/h5-6,10,13H,3-4H2,1-2H3. The molecule has 0 amide bonds. The number of hydrogen-bond donors (Lipinski definition) is 1. The molecule has 1 N–H and O–H groups in total. The lowest BCUT2D eigenvalue weighted by Gasteiger charge is -2.12. The largest absolute Gasteiger partial charge is 0.477 e. The second kappa shape index (κ2) is 6.05. The van der Waals surface area contributed by atoms with E-state index < -0.39 is 6.29 Å². The number of nitrogens with zero attached hydrogens (tertiary/aromatic N) is 1. The van der Waals surface area contributed by atoms with Crippen molar-refractivity contribution in [2.24, 2.45) is 0 Å². The van der Waals surface area contributed by atoms with E-state index in [0.717, 1.165) is 0 Å². The molecule has 1 aromatic heterocycles. The summed E-state index contributed by atoms with van der Waals surface area (Å²) in [5.74, 6) is 0.518. The lowest BCUT2D eigenvalue weighted by Crippen LogP contribution is -2.04. The molecule has 0 radical (unpaired) electrons. The van der Waals surface area contributed by atoms with E-state index in [9.17, 15) is 5.11 Å². The van der Waals surface area contributed by atoms with Crippen LogP contribution in [0.1, 0.15) is 25.7 Å². The molecule has 15 heavy (non-hydrogen) atoms. The van der Waals surface area contributed by atoms with Crippen molar-refractivity contribution in [1.82, 2.24) is 4.98 Å². The summed E-state index contributed by atoms with van der Waals surface area (Å²) in [6, 6.07) is 1.73. The zero-order valence-electron chi connectivity index (χ0n) is 8.74. The fourth-order valence-corrected chi connectivity index (χ4v) is 1.55. The fourth-order valence-electron chi connectivity index (χ4n) is 1.07. The third-order valence-corrected chi connectivity index (χ3v) is 2.29. The molecule has 1 unspecified atom stereocenters. The van der Waals surface area contributed by atoms with Crippen LogP contribution in [0.2, 0.25) is 0 Å². The molecule has 0 aliphatic rings. The minimum absolute atomic E-state index is 0.450. The van der Waals surface area contributed by atoms with Gasteiger partial charge in [-0.1, -0.05) is 0 Å². The van der Waals surface area contributed by atoms with Crippen molar-refractivity contribution in [2.45, 2.75) is 20.1 Å². The summed E-state index contributed by atoms with van der Waals surface area (Å²) in [7, 11) is 0. The van der Waals surface area contributed by atoms with Gasteiger partial charge >= 0.3 is 0 Å². The van der Waals surface area contributed by atoms with Crippen LogP contribution < -0.4 is 4.74 Å². The Morgan fingerprint density at radius 3 is 2.73 bits per heavy atom. The molecule has 0 saturated carbocycles. The average Bonchev–Trinajstić information content (AvgIpc) is 2.21. The molecule has 0 saturated heterocycles. The molecule has 0 aliphatic carbocycles. The highest BCUT2D eigenvalue weighted by Crippen LogP contribution is 2.25. The highest BCUT2D eigenvalue weighted by molar-refractivity contribution is 9.10. The molecule has 0 aliphatic heterocycles. The highest BCUT2D eigenvalue weighted by Gasteiger charge is 2.10. The molecule has 0 fully saturated rings. The van der Waals surface area contributed by atoms with Gasteiger partial charge in [-0.25, -0.2) is 4.98 Å². The monoisotopic (exact) mass is 275 g/mol. The first kappa shape index (κ1) is 12.4. The molecule has 4 nitrogen and oxygen atoms in total. The van der Waals surface area contributed by atoms with Gasteiger partial charge < -0.3 is 14.6 Å². The molecule has 1 aromatic rings. The molecule has 0 aromatic carbocycles. The van der Waals surface area contributed by atoms with Crippen molar-refractivity contribution in [3.05, 3.63) is 22.3 Å². The molecule has 5 heteroatoms. The van der Waals surface area contributed by atoms with Gasteiger partial charge in [-0.15, -0.1) is 0 Å². The van der Waals surface area contributed by atoms with Crippen LogP contribution in [0.5, 0.6) is 5.88 Å². The van der Waals surface area contributed by atoms with Crippen LogP contribution >= 0.6 is 15.9 Å². The van der Waals surface area contributed by atoms with Crippen LogP contribution in [0.25, 0.3) is 0 Å². The van der Waals surface area contributed by atoms with Crippen LogP contribution in [-0.2, 0) is 4.74 Å². The molecule has 0 bridgehead atoms. The summed E-state index contributed by atoms with van der Waals surface area (Å²) in [6.07, 6.45) is 0.602. The van der Waals surface area contributed by atoms with E-state index in [1.807, 2.05) is 13.8 Å². The first-order valence-electron chi connectivity index (χ1n) is 4.77. The van der Waals surface area contributed by atoms with Crippen LogP contribution in [0, 0.1) is 0 Å². The van der Waals surface area contributed by atoms with E-state index in [1.54, 1.807) is 6.07 Å². The van der Waals surface area contributed by atoms with Crippen molar-refractivity contribution < 1.29 is 14.6 Å². The number of aliphatic hydroxyl groups is 1. The summed E-state index contributed by atoms with van der Waals surface area (Å²) in [6.45, 7) is 4.71. The predicted octanol–water partition coefficient (Wildman–Crippen LogP) is 2.27. The van der Waals surface area contributed by atoms with Crippen LogP contribution in [0.3, 0.4) is 0 Å². The van der Waals surface area contributed by atoms with Gasteiger partial charge in [-0.2, -0.15) is 0 Å². The van der Waals surface area contributed by atoms with E-state index in [4.69, 9.17) is 9.47 Å². The van der Waals surface area contributed by atoms with Gasteiger partial charge in [0.25, 0.3) is 0 Å². The summed E-state index contributed by atoms with van der Waals surface area (Å²) in [5, 5.41) is 9.54. The van der Waals surface area contributed by atoms with Gasteiger partial charge in [-0.05, 0) is 35.8 Å². The Morgan fingerprint density at radius 1 is 1.47 bits per heavy atom. The lowest BCUT2D eigenvalue weighted by atomic mass is 10.3. The Kier molecular flexibility index (Phi) is 5.01. The Morgan fingerprint density at radius 2 is 2.20 bits per heavy atom. The second-order valence-electron chi connectivity index (χ2n) is 2.80. The average molecular weight is 276 g/mol. The third-order valence-electron chi connectivity index (χ3n) is 1.72. The summed E-state index contributed by atoms with van der Waals surface area (Å²) in [5.41, 5.74) is 0.604. The number of aliphatic hydroxyl groups excluding tert-OH is 1. The first-order valence-corrected chi connectivity index (χ1v) is 5.56. The van der Waals surface area contributed by atoms with E-state index in [1.165, 1.54) is 6.20 Å². The molecule has 1 heterocycles.